The van der Waals surface area contributed by atoms with Gasteiger partial charge in [-0.1, -0.05) is 12.1 Å². The average molecular weight is 363 g/mol. The van der Waals surface area contributed by atoms with Crippen LogP contribution < -0.4 is 0 Å². The summed E-state index contributed by atoms with van der Waals surface area (Å²) in [5, 5.41) is 0. The Balaban J connectivity index is 2.05. The van der Waals surface area contributed by atoms with E-state index < -0.39 is 16.3 Å². The second-order valence-electron chi connectivity index (χ2n) is 6.31. The zero-order chi connectivity index (χ0) is 18.2. The van der Waals surface area contributed by atoms with Crippen molar-refractivity contribution in [1.82, 2.24) is 4.98 Å². The number of aryl methyl sites for hydroxylation is 1. The summed E-state index contributed by atoms with van der Waals surface area (Å²) in [6, 6.07) is 8.27. The first-order chi connectivity index (χ1) is 11.8. The normalized spacial score (nSPS) is 15.2. The van der Waals surface area contributed by atoms with Gasteiger partial charge in [0.2, 0.25) is 0 Å². The Morgan fingerprint density at radius 2 is 1.64 bits per heavy atom. The van der Waals surface area contributed by atoms with E-state index in [-0.39, 0.29) is 10.5 Å². The van der Waals surface area contributed by atoms with E-state index in [1.165, 1.54) is 12.3 Å². The summed E-state index contributed by atoms with van der Waals surface area (Å²) >= 11 is 0. The van der Waals surface area contributed by atoms with Crippen LogP contribution in [-0.2, 0) is 9.84 Å². The van der Waals surface area contributed by atoms with Crippen molar-refractivity contribution in [3.05, 3.63) is 58.9 Å². The van der Waals surface area contributed by atoms with Crippen molar-refractivity contribution in [3.8, 4) is 0 Å². The van der Waals surface area contributed by atoms with Gasteiger partial charge in [0.05, 0.1) is 4.90 Å². The van der Waals surface area contributed by atoms with Crippen molar-refractivity contribution in [2.75, 3.05) is 6.26 Å². The van der Waals surface area contributed by atoms with E-state index in [0.717, 1.165) is 41.5 Å². The topological polar surface area (TPSA) is 47.0 Å². The lowest BCUT2D eigenvalue weighted by Gasteiger charge is -2.11. The Bertz CT molecular complexity index is 932. The van der Waals surface area contributed by atoms with Crippen molar-refractivity contribution in [3.63, 3.8) is 0 Å². The number of nitrogens with zero attached hydrogens (tertiary/aromatic N) is 1. The first kappa shape index (κ1) is 17.7. The van der Waals surface area contributed by atoms with Crippen LogP contribution in [0.4, 0.5) is 8.78 Å². The standard InChI is InChI=1S/C19H19F2NO2S/c1-12-18(19(20)21)10-14(11-22-12)17-5-3-4-16(17)13-6-8-15(9-7-13)25(2,23)24/h6-11,19H,3-5H2,1-2H3. The van der Waals surface area contributed by atoms with Gasteiger partial charge < -0.3 is 0 Å². The summed E-state index contributed by atoms with van der Waals surface area (Å²) in [5.41, 5.74) is 4.05. The second kappa shape index (κ2) is 6.67. The molecule has 0 saturated carbocycles. The average Bonchev–Trinajstić information content (AvgIpc) is 3.04. The van der Waals surface area contributed by atoms with Crippen LogP contribution in [-0.4, -0.2) is 19.7 Å². The maximum absolute atomic E-state index is 13.2. The van der Waals surface area contributed by atoms with E-state index in [1.54, 1.807) is 37.4 Å². The Morgan fingerprint density at radius 1 is 1.04 bits per heavy atom. The summed E-state index contributed by atoms with van der Waals surface area (Å²) in [7, 11) is -3.24. The predicted octanol–water partition coefficient (Wildman–Crippen LogP) is 4.83. The largest absolute Gasteiger partial charge is 0.265 e. The smallest absolute Gasteiger partial charge is 0.260 e. The van der Waals surface area contributed by atoms with Crippen molar-refractivity contribution in [2.24, 2.45) is 0 Å². The molecule has 0 fully saturated rings. The number of benzene rings is 1. The van der Waals surface area contributed by atoms with Crippen LogP contribution in [0.1, 0.15) is 48.1 Å². The van der Waals surface area contributed by atoms with Crippen LogP contribution in [0.3, 0.4) is 0 Å². The molecule has 1 aliphatic carbocycles. The molecule has 0 unspecified atom stereocenters. The van der Waals surface area contributed by atoms with Crippen molar-refractivity contribution in [2.45, 2.75) is 37.5 Å². The summed E-state index contributed by atoms with van der Waals surface area (Å²) < 4.78 is 49.5. The van der Waals surface area contributed by atoms with E-state index >= 15 is 0 Å². The van der Waals surface area contributed by atoms with Crippen molar-refractivity contribution >= 4 is 21.0 Å². The molecule has 3 nitrogen and oxygen atoms in total. The van der Waals surface area contributed by atoms with Gasteiger partial charge >= 0.3 is 0 Å². The van der Waals surface area contributed by atoms with Gasteiger partial charge in [-0.3, -0.25) is 4.98 Å². The minimum absolute atomic E-state index is 0.0383. The second-order valence-corrected chi connectivity index (χ2v) is 8.32. The third kappa shape index (κ3) is 3.63. The molecule has 0 amide bonds. The van der Waals surface area contributed by atoms with Gasteiger partial charge in [-0.15, -0.1) is 0 Å². The van der Waals surface area contributed by atoms with E-state index in [1.807, 2.05) is 0 Å². The number of hydrogen-bond donors (Lipinski definition) is 0. The summed E-state index contributed by atoms with van der Waals surface area (Å²) in [6.07, 6.45) is 2.85. The van der Waals surface area contributed by atoms with Crippen LogP contribution >= 0.6 is 0 Å². The molecule has 1 aromatic carbocycles. The molecule has 0 bridgehead atoms. The molecule has 0 atom stereocenters. The Morgan fingerprint density at radius 3 is 2.20 bits per heavy atom. The lowest BCUT2D eigenvalue weighted by atomic mass is 9.97. The maximum atomic E-state index is 13.2. The summed E-state index contributed by atoms with van der Waals surface area (Å²) in [6.45, 7) is 1.58. The molecule has 25 heavy (non-hydrogen) atoms. The molecule has 0 aliphatic heterocycles. The van der Waals surface area contributed by atoms with Crippen LogP contribution in [0.15, 0.2) is 41.4 Å². The molecular weight excluding hydrogens is 344 g/mol. The molecule has 6 heteroatoms. The molecule has 0 radical (unpaired) electrons. The highest BCUT2D eigenvalue weighted by molar-refractivity contribution is 7.90. The number of allylic oxidation sites excluding steroid dienone is 2. The maximum Gasteiger partial charge on any atom is 0.265 e. The van der Waals surface area contributed by atoms with Crippen LogP contribution in [0.5, 0.6) is 0 Å². The van der Waals surface area contributed by atoms with E-state index in [0.29, 0.717) is 5.69 Å². The number of pyridine rings is 1. The monoisotopic (exact) mass is 363 g/mol. The number of hydrogen-bond acceptors (Lipinski definition) is 3. The molecule has 1 heterocycles. The summed E-state index contributed by atoms with van der Waals surface area (Å²) in [4.78, 5) is 4.40. The number of alkyl halides is 2. The molecule has 132 valence electrons. The highest BCUT2D eigenvalue weighted by Crippen LogP contribution is 2.40. The SMILES string of the molecule is Cc1ncc(C2=C(c3ccc(S(C)(=O)=O)cc3)CCC2)cc1C(F)F. The Labute approximate surface area is 146 Å². The fraction of sp³-hybridized carbons (Fsp3) is 0.316. The molecule has 0 spiro atoms. The van der Waals surface area contributed by atoms with Crippen molar-refractivity contribution < 1.29 is 17.2 Å². The Kier molecular flexibility index (Phi) is 4.73. The fourth-order valence-electron chi connectivity index (χ4n) is 3.22. The quantitative estimate of drug-likeness (QED) is 0.782. The van der Waals surface area contributed by atoms with Gasteiger partial charge in [-0.2, -0.15) is 0 Å². The minimum atomic E-state index is -3.24. The zero-order valence-corrected chi connectivity index (χ0v) is 14.9. The highest BCUT2D eigenvalue weighted by Gasteiger charge is 2.21. The van der Waals surface area contributed by atoms with Gasteiger partial charge in [0.1, 0.15) is 0 Å². The predicted molar refractivity (Wildman–Crippen MR) is 94.1 cm³/mol. The van der Waals surface area contributed by atoms with Gasteiger partial charge in [0.25, 0.3) is 6.43 Å². The zero-order valence-electron chi connectivity index (χ0n) is 14.1. The van der Waals surface area contributed by atoms with Crippen LogP contribution in [0.25, 0.3) is 11.1 Å². The third-order valence-electron chi connectivity index (χ3n) is 4.56. The molecule has 0 N–H and O–H groups in total. The highest BCUT2D eigenvalue weighted by atomic mass is 32.2. The van der Waals surface area contributed by atoms with Gasteiger partial charge in [-0.05, 0) is 66.7 Å². The van der Waals surface area contributed by atoms with Crippen LogP contribution in [0.2, 0.25) is 0 Å². The van der Waals surface area contributed by atoms with Gasteiger partial charge in [-0.25, -0.2) is 17.2 Å². The van der Waals surface area contributed by atoms with E-state index in [2.05, 4.69) is 4.98 Å². The molecular formula is C19H19F2NO2S. The van der Waals surface area contributed by atoms with Gasteiger partial charge in [0.15, 0.2) is 9.84 Å². The third-order valence-corrected chi connectivity index (χ3v) is 5.69. The Hall–Kier alpha value is -2.08. The molecule has 3 rings (SSSR count). The number of aromatic nitrogens is 1. The lowest BCUT2D eigenvalue weighted by molar-refractivity contribution is 0.150. The first-order valence-corrected chi connectivity index (χ1v) is 9.94. The van der Waals surface area contributed by atoms with Crippen molar-refractivity contribution in [1.29, 1.82) is 0 Å². The van der Waals surface area contributed by atoms with E-state index in [4.69, 9.17) is 0 Å². The van der Waals surface area contributed by atoms with Gasteiger partial charge in [0, 0.05) is 23.7 Å². The summed E-state index contributed by atoms with van der Waals surface area (Å²) in [5.74, 6) is 0. The number of sulfone groups is 1. The first-order valence-electron chi connectivity index (χ1n) is 8.05. The molecule has 1 aliphatic rings. The molecule has 2 aromatic rings. The molecule has 0 saturated heterocycles. The number of halogens is 2. The number of rotatable bonds is 4. The fourth-order valence-corrected chi connectivity index (χ4v) is 3.85. The van der Waals surface area contributed by atoms with E-state index in [9.17, 15) is 17.2 Å². The van der Waals surface area contributed by atoms with Crippen LogP contribution in [0, 0.1) is 6.92 Å². The minimum Gasteiger partial charge on any atom is -0.260 e. The lowest BCUT2D eigenvalue weighted by Crippen LogP contribution is -1.98. The molecule has 1 aromatic heterocycles.